The van der Waals surface area contributed by atoms with Gasteiger partial charge in [0.2, 0.25) is 11.9 Å². The smallest absolute Gasteiger partial charge is 0.248 e. The number of H-pyrrole nitrogens is 1. The summed E-state index contributed by atoms with van der Waals surface area (Å²) in [4.78, 5) is 15.7. The Balaban J connectivity index is 1.64. The van der Waals surface area contributed by atoms with Gasteiger partial charge in [0, 0.05) is 11.8 Å². The van der Waals surface area contributed by atoms with Crippen molar-refractivity contribution in [1.29, 1.82) is 0 Å². The van der Waals surface area contributed by atoms with E-state index in [1.54, 1.807) is 0 Å². The molecule has 3 rings (SSSR count). The molecule has 0 aromatic carbocycles. The van der Waals surface area contributed by atoms with Crippen molar-refractivity contribution in [3.05, 3.63) is 5.82 Å². The Kier molecular flexibility index (Phi) is 1.97. The molecular formula is C10H14N4O. The molecular weight excluding hydrogens is 192 g/mol. The third kappa shape index (κ3) is 1.73. The van der Waals surface area contributed by atoms with E-state index in [4.69, 9.17) is 0 Å². The van der Waals surface area contributed by atoms with Crippen molar-refractivity contribution in [3.8, 4) is 0 Å². The average molecular weight is 206 g/mol. The average Bonchev–Trinajstić information content (AvgIpc) is 2.88. The fourth-order valence-corrected chi connectivity index (χ4v) is 1.75. The van der Waals surface area contributed by atoms with Crippen molar-refractivity contribution < 1.29 is 4.79 Å². The zero-order valence-corrected chi connectivity index (χ0v) is 8.49. The first-order valence-corrected chi connectivity index (χ1v) is 5.56. The quantitative estimate of drug-likeness (QED) is 0.785. The standard InChI is InChI=1S/C10H14N4O/c15-9(7-4-5-7)12-10-11-8(13-14-10)6-2-1-3-6/h6-7H,1-5H2,(H2,11,12,13,14,15). The molecule has 1 amide bonds. The van der Waals surface area contributed by atoms with Gasteiger partial charge in [-0.1, -0.05) is 6.42 Å². The van der Waals surface area contributed by atoms with E-state index in [0.717, 1.165) is 18.7 Å². The molecule has 0 bridgehead atoms. The summed E-state index contributed by atoms with van der Waals surface area (Å²) in [6.07, 6.45) is 5.66. The van der Waals surface area contributed by atoms with Gasteiger partial charge in [-0.25, -0.2) is 0 Å². The summed E-state index contributed by atoms with van der Waals surface area (Å²) in [5.41, 5.74) is 0. The van der Waals surface area contributed by atoms with E-state index in [2.05, 4.69) is 20.5 Å². The summed E-state index contributed by atoms with van der Waals surface area (Å²) in [5.74, 6) is 2.16. The van der Waals surface area contributed by atoms with E-state index in [1.165, 1.54) is 19.3 Å². The van der Waals surface area contributed by atoms with Gasteiger partial charge in [0.05, 0.1) is 0 Å². The van der Waals surface area contributed by atoms with Crippen LogP contribution in [0.1, 0.15) is 43.8 Å². The molecule has 5 heteroatoms. The largest absolute Gasteiger partial charge is 0.293 e. The highest BCUT2D eigenvalue weighted by atomic mass is 16.2. The van der Waals surface area contributed by atoms with Crippen LogP contribution in [0.15, 0.2) is 0 Å². The van der Waals surface area contributed by atoms with Gasteiger partial charge in [-0.15, -0.1) is 5.10 Å². The summed E-state index contributed by atoms with van der Waals surface area (Å²) in [6.45, 7) is 0. The monoisotopic (exact) mass is 206 g/mol. The number of aromatic nitrogens is 3. The van der Waals surface area contributed by atoms with Crippen molar-refractivity contribution in [1.82, 2.24) is 15.2 Å². The lowest BCUT2D eigenvalue weighted by molar-refractivity contribution is -0.117. The van der Waals surface area contributed by atoms with Crippen LogP contribution in [0.25, 0.3) is 0 Å². The first-order chi connectivity index (χ1) is 7.33. The Hall–Kier alpha value is -1.39. The number of hydrogen-bond donors (Lipinski definition) is 2. The molecule has 5 nitrogen and oxygen atoms in total. The summed E-state index contributed by atoms with van der Waals surface area (Å²) in [6, 6.07) is 0. The fourth-order valence-electron chi connectivity index (χ4n) is 1.75. The highest BCUT2D eigenvalue weighted by Crippen LogP contribution is 2.34. The number of amides is 1. The molecule has 0 atom stereocenters. The minimum Gasteiger partial charge on any atom is -0.293 e. The van der Waals surface area contributed by atoms with E-state index in [9.17, 15) is 4.79 Å². The second-order valence-electron chi connectivity index (χ2n) is 4.44. The van der Waals surface area contributed by atoms with Crippen molar-refractivity contribution in [3.63, 3.8) is 0 Å². The molecule has 15 heavy (non-hydrogen) atoms. The highest BCUT2D eigenvalue weighted by molar-refractivity contribution is 5.92. The number of anilines is 1. The molecule has 0 unspecified atom stereocenters. The predicted octanol–water partition coefficient (Wildman–Crippen LogP) is 1.42. The minimum atomic E-state index is 0.0640. The van der Waals surface area contributed by atoms with Gasteiger partial charge in [0.25, 0.3) is 0 Å². The maximum atomic E-state index is 11.4. The van der Waals surface area contributed by atoms with E-state index in [-0.39, 0.29) is 11.8 Å². The van der Waals surface area contributed by atoms with Crippen LogP contribution in [-0.4, -0.2) is 21.1 Å². The van der Waals surface area contributed by atoms with Gasteiger partial charge < -0.3 is 0 Å². The zero-order chi connectivity index (χ0) is 10.3. The lowest BCUT2D eigenvalue weighted by atomic mass is 9.85. The molecule has 0 radical (unpaired) electrons. The molecule has 2 saturated carbocycles. The Bertz CT molecular complexity index is 379. The van der Waals surface area contributed by atoms with Crippen molar-refractivity contribution in [2.75, 3.05) is 5.32 Å². The first kappa shape index (κ1) is 8.88. The lowest BCUT2D eigenvalue weighted by Gasteiger charge is -2.22. The van der Waals surface area contributed by atoms with Crippen LogP contribution in [0.5, 0.6) is 0 Å². The SMILES string of the molecule is O=C(Nc1n[nH]c(C2CCC2)n1)C1CC1. The number of hydrogen-bond acceptors (Lipinski definition) is 3. The summed E-state index contributed by atoms with van der Waals surface area (Å²) >= 11 is 0. The number of nitrogens with zero attached hydrogens (tertiary/aromatic N) is 2. The third-order valence-electron chi connectivity index (χ3n) is 3.18. The molecule has 1 aromatic heterocycles. The van der Waals surface area contributed by atoms with Crippen LogP contribution in [0.3, 0.4) is 0 Å². The lowest BCUT2D eigenvalue weighted by Crippen LogP contribution is -2.14. The van der Waals surface area contributed by atoms with Gasteiger partial charge in [-0.2, -0.15) is 4.98 Å². The fraction of sp³-hybridized carbons (Fsp3) is 0.700. The van der Waals surface area contributed by atoms with Gasteiger partial charge in [-0.05, 0) is 25.7 Å². The summed E-state index contributed by atoms with van der Waals surface area (Å²) in [7, 11) is 0. The Morgan fingerprint density at radius 2 is 2.13 bits per heavy atom. The van der Waals surface area contributed by atoms with Crippen molar-refractivity contribution in [2.45, 2.75) is 38.0 Å². The predicted molar refractivity (Wildman–Crippen MR) is 54.3 cm³/mol. The van der Waals surface area contributed by atoms with Crippen LogP contribution in [0.4, 0.5) is 5.95 Å². The van der Waals surface area contributed by atoms with Gasteiger partial charge >= 0.3 is 0 Å². The second-order valence-corrected chi connectivity index (χ2v) is 4.44. The molecule has 2 aliphatic carbocycles. The Morgan fingerprint density at radius 1 is 1.33 bits per heavy atom. The van der Waals surface area contributed by atoms with Crippen molar-refractivity contribution in [2.24, 2.45) is 5.92 Å². The Morgan fingerprint density at radius 3 is 2.73 bits per heavy atom. The summed E-state index contributed by atoms with van der Waals surface area (Å²) in [5, 5.41) is 9.63. The first-order valence-electron chi connectivity index (χ1n) is 5.56. The van der Waals surface area contributed by atoms with Crippen LogP contribution in [0, 0.1) is 5.92 Å². The van der Waals surface area contributed by atoms with Crippen molar-refractivity contribution >= 4 is 11.9 Å². The highest BCUT2D eigenvalue weighted by Gasteiger charge is 2.30. The number of carbonyl (C=O) groups is 1. The Labute approximate surface area is 87.7 Å². The molecule has 2 N–H and O–H groups in total. The van der Waals surface area contributed by atoms with E-state index >= 15 is 0 Å². The minimum absolute atomic E-state index is 0.0640. The van der Waals surface area contributed by atoms with Crippen LogP contribution < -0.4 is 5.32 Å². The van der Waals surface area contributed by atoms with Crippen LogP contribution in [-0.2, 0) is 4.79 Å². The molecule has 1 aromatic rings. The molecule has 2 aliphatic rings. The number of aromatic amines is 1. The van der Waals surface area contributed by atoms with Gasteiger partial charge in [-0.3, -0.25) is 15.2 Å². The number of nitrogens with one attached hydrogen (secondary N) is 2. The molecule has 80 valence electrons. The molecule has 2 fully saturated rings. The van der Waals surface area contributed by atoms with Crippen LogP contribution in [0.2, 0.25) is 0 Å². The topological polar surface area (TPSA) is 70.7 Å². The van der Waals surface area contributed by atoms with Crippen LogP contribution >= 0.6 is 0 Å². The normalized spacial score (nSPS) is 21.1. The van der Waals surface area contributed by atoms with E-state index in [0.29, 0.717) is 11.9 Å². The molecule has 0 aliphatic heterocycles. The van der Waals surface area contributed by atoms with E-state index in [1.807, 2.05) is 0 Å². The van der Waals surface area contributed by atoms with Gasteiger partial charge in [0.15, 0.2) is 0 Å². The third-order valence-corrected chi connectivity index (χ3v) is 3.18. The number of carbonyl (C=O) groups excluding carboxylic acids is 1. The molecule has 0 spiro atoms. The zero-order valence-electron chi connectivity index (χ0n) is 8.49. The number of rotatable bonds is 3. The maximum Gasteiger partial charge on any atom is 0.248 e. The molecule has 0 saturated heterocycles. The van der Waals surface area contributed by atoms with Gasteiger partial charge in [0.1, 0.15) is 5.82 Å². The maximum absolute atomic E-state index is 11.4. The molecule has 1 heterocycles. The second kappa shape index (κ2) is 3.32. The van der Waals surface area contributed by atoms with E-state index < -0.39 is 0 Å². The summed E-state index contributed by atoms with van der Waals surface area (Å²) < 4.78 is 0.